The van der Waals surface area contributed by atoms with E-state index in [0.29, 0.717) is 18.7 Å². The smallest absolute Gasteiger partial charge is 0.270 e. The van der Waals surface area contributed by atoms with Crippen LogP contribution in [-0.2, 0) is 4.74 Å². The summed E-state index contributed by atoms with van der Waals surface area (Å²) >= 11 is 0. The zero-order chi connectivity index (χ0) is 14.7. The van der Waals surface area contributed by atoms with Gasteiger partial charge in [0.25, 0.3) is 5.69 Å². The molecule has 0 spiro atoms. The molecule has 0 amide bonds. The highest BCUT2D eigenvalue weighted by Crippen LogP contribution is 2.15. The van der Waals surface area contributed by atoms with E-state index in [1.807, 2.05) is 18.7 Å². The van der Waals surface area contributed by atoms with Crippen LogP contribution >= 0.6 is 0 Å². The molecule has 1 aromatic carbocycles. The number of carbonyl (C=O) groups is 1. The molecule has 20 heavy (non-hydrogen) atoms. The zero-order valence-electron chi connectivity index (χ0n) is 11.6. The molecular formula is C14H18N2O4. The van der Waals surface area contributed by atoms with Crippen LogP contribution in [0.15, 0.2) is 24.3 Å². The van der Waals surface area contributed by atoms with Gasteiger partial charge >= 0.3 is 0 Å². The minimum absolute atomic E-state index is 0.0560. The molecule has 2 atom stereocenters. The van der Waals surface area contributed by atoms with Gasteiger partial charge in [-0.1, -0.05) is 12.1 Å². The Labute approximate surface area is 117 Å². The van der Waals surface area contributed by atoms with Crippen LogP contribution in [0.5, 0.6) is 0 Å². The van der Waals surface area contributed by atoms with Gasteiger partial charge in [-0.3, -0.25) is 19.8 Å². The van der Waals surface area contributed by atoms with Crippen molar-refractivity contribution >= 4 is 11.5 Å². The van der Waals surface area contributed by atoms with Crippen molar-refractivity contribution in [2.45, 2.75) is 26.1 Å². The monoisotopic (exact) mass is 278 g/mol. The second kappa shape index (κ2) is 6.11. The summed E-state index contributed by atoms with van der Waals surface area (Å²) in [5.41, 5.74) is 0.325. The fraction of sp³-hybridized carbons (Fsp3) is 0.500. The molecule has 0 aliphatic carbocycles. The number of ether oxygens (including phenoxy) is 1. The quantitative estimate of drug-likeness (QED) is 0.477. The Kier molecular flexibility index (Phi) is 4.46. The Morgan fingerprint density at radius 1 is 1.40 bits per heavy atom. The van der Waals surface area contributed by atoms with Gasteiger partial charge in [0, 0.05) is 30.8 Å². The lowest BCUT2D eigenvalue weighted by molar-refractivity contribution is -0.384. The highest BCUT2D eigenvalue weighted by molar-refractivity contribution is 5.98. The van der Waals surface area contributed by atoms with Crippen molar-refractivity contribution in [3.8, 4) is 0 Å². The second-order valence-electron chi connectivity index (χ2n) is 5.18. The third-order valence-electron chi connectivity index (χ3n) is 3.24. The summed E-state index contributed by atoms with van der Waals surface area (Å²) < 4.78 is 5.61. The van der Waals surface area contributed by atoms with Crippen LogP contribution in [0.2, 0.25) is 0 Å². The first-order chi connectivity index (χ1) is 9.45. The van der Waals surface area contributed by atoms with E-state index >= 15 is 0 Å². The summed E-state index contributed by atoms with van der Waals surface area (Å²) in [7, 11) is 0. The van der Waals surface area contributed by atoms with Crippen molar-refractivity contribution in [2.24, 2.45) is 0 Å². The molecule has 2 unspecified atom stereocenters. The molecule has 6 heteroatoms. The normalized spacial score (nSPS) is 23.5. The first kappa shape index (κ1) is 14.6. The summed E-state index contributed by atoms with van der Waals surface area (Å²) in [5, 5.41) is 10.7. The Bertz CT molecular complexity index is 508. The molecule has 1 saturated heterocycles. The van der Waals surface area contributed by atoms with Crippen LogP contribution in [0.1, 0.15) is 24.2 Å². The van der Waals surface area contributed by atoms with E-state index in [1.165, 1.54) is 18.2 Å². The number of nitro benzene ring substituents is 1. The van der Waals surface area contributed by atoms with E-state index in [1.54, 1.807) is 6.07 Å². The second-order valence-corrected chi connectivity index (χ2v) is 5.18. The number of non-ortho nitro benzene ring substituents is 1. The van der Waals surface area contributed by atoms with E-state index in [9.17, 15) is 14.9 Å². The van der Waals surface area contributed by atoms with Crippen LogP contribution in [0.4, 0.5) is 5.69 Å². The maximum absolute atomic E-state index is 12.2. The standard InChI is InChI=1S/C14H18N2O4/c1-10-7-15(8-11(2)20-10)9-14(17)12-4-3-5-13(6-12)16(18)19/h3-6,10-11H,7-9H2,1-2H3. The van der Waals surface area contributed by atoms with Crippen molar-refractivity contribution < 1.29 is 14.5 Å². The summed E-state index contributed by atoms with van der Waals surface area (Å²) in [4.78, 5) is 24.5. The molecule has 1 fully saturated rings. The average molecular weight is 278 g/mol. The Balaban J connectivity index is 2.04. The number of hydrogen-bond acceptors (Lipinski definition) is 5. The molecule has 0 N–H and O–H groups in total. The van der Waals surface area contributed by atoms with Gasteiger partial charge in [0.05, 0.1) is 23.7 Å². The number of Topliss-reactive ketones (excluding diaryl/α,β-unsaturated/α-hetero) is 1. The van der Waals surface area contributed by atoms with Crippen LogP contribution in [0.25, 0.3) is 0 Å². The molecule has 0 radical (unpaired) electrons. The van der Waals surface area contributed by atoms with Gasteiger partial charge in [0.15, 0.2) is 5.78 Å². The van der Waals surface area contributed by atoms with E-state index in [0.717, 1.165) is 0 Å². The third kappa shape index (κ3) is 3.61. The molecule has 0 saturated carbocycles. The Morgan fingerprint density at radius 2 is 2.05 bits per heavy atom. The summed E-state index contributed by atoms with van der Waals surface area (Å²) in [6, 6.07) is 5.86. The van der Waals surface area contributed by atoms with Crippen molar-refractivity contribution in [3.63, 3.8) is 0 Å². The van der Waals surface area contributed by atoms with Gasteiger partial charge in [-0.25, -0.2) is 0 Å². The Hall–Kier alpha value is -1.79. The molecule has 6 nitrogen and oxygen atoms in total. The number of nitro groups is 1. The predicted molar refractivity (Wildman–Crippen MR) is 73.9 cm³/mol. The minimum Gasteiger partial charge on any atom is -0.373 e. The molecule has 1 aromatic rings. The molecule has 108 valence electrons. The summed E-state index contributed by atoms with van der Waals surface area (Å²) in [5.74, 6) is -0.102. The predicted octanol–water partition coefficient (Wildman–Crippen LogP) is 1.89. The van der Waals surface area contributed by atoms with Gasteiger partial charge in [0.2, 0.25) is 0 Å². The van der Waals surface area contributed by atoms with Crippen LogP contribution < -0.4 is 0 Å². The molecule has 0 bridgehead atoms. The molecule has 0 aromatic heterocycles. The van der Waals surface area contributed by atoms with Crippen LogP contribution in [0, 0.1) is 10.1 Å². The highest BCUT2D eigenvalue weighted by Gasteiger charge is 2.24. The van der Waals surface area contributed by atoms with Gasteiger partial charge in [-0.15, -0.1) is 0 Å². The lowest BCUT2D eigenvalue weighted by Crippen LogP contribution is -2.47. The molecule has 1 aliphatic heterocycles. The minimum atomic E-state index is -0.490. The molecular weight excluding hydrogens is 260 g/mol. The summed E-state index contributed by atoms with van der Waals surface area (Å²) in [6.07, 6.45) is 0.188. The van der Waals surface area contributed by atoms with E-state index < -0.39 is 4.92 Å². The molecule has 1 heterocycles. The maximum atomic E-state index is 12.2. The highest BCUT2D eigenvalue weighted by atomic mass is 16.6. The fourth-order valence-electron chi connectivity index (χ4n) is 2.50. The number of ketones is 1. The van der Waals surface area contributed by atoms with Gasteiger partial charge in [-0.2, -0.15) is 0 Å². The number of rotatable bonds is 4. The number of morpholine rings is 1. The Morgan fingerprint density at radius 3 is 2.65 bits per heavy atom. The van der Waals surface area contributed by atoms with Crippen LogP contribution in [-0.4, -0.2) is 47.4 Å². The van der Waals surface area contributed by atoms with E-state index in [4.69, 9.17) is 4.74 Å². The van der Waals surface area contributed by atoms with Crippen molar-refractivity contribution in [2.75, 3.05) is 19.6 Å². The fourth-order valence-corrected chi connectivity index (χ4v) is 2.50. The maximum Gasteiger partial charge on any atom is 0.270 e. The lowest BCUT2D eigenvalue weighted by Gasteiger charge is -2.34. The average Bonchev–Trinajstić information content (AvgIpc) is 2.37. The first-order valence-corrected chi connectivity index (χ1v) is 6.61. The van der Waals surface area contributed by atoms with Crippen molar-refractivity contribution in [1.82, 2.24) is 4.90 Å². The van der Waals surface area contributed by atoms with Gasteiger partial charge < -0.3 is 4.74 Å². The number of nitrogens with zero attached hydrogens (tertiary/aromatic N) is 2. The number of hydrogen-bond donors (Lipinski definition) is 0. The van der Waals surface area contributed by atoms with Crippen molar-refractivity contribution in [1.29, 1.82) is 0 Å². The lowest BCUT2D eigenvalue weighted by atomic mass is 10.1. The van der Waals surface area contributed by atoms with Crippen LogP contribution in [0.3, 0.4) is 0 Å². The van der Waals surface area contributed by atoms with E-state index in [2.05, 4.69) is 0 Å². The molecule has 1 aliphatic rings. The summed E-state index contributed by atoms with van der Waals surface area (Å²) in [6.45, 7) is 5.61. The topological polar surface area (TPSA) is 72.7 Å². The number of benzene rings is 1. The zero-order valence-corrected chi connectivity index (χ0v) is 11.6. The molecule has 2 rings (SSSR count). The SMILES string of the molecule is CC1CN(CC(=O)c2cccc([N+](=O)[O-])c2)CC(C)O1. The van der Waals surface area contributed by atoms with E-state index in [-0.39, 0.29) is 30.2 Å². The third-order valence-corrected chi connectivity index (χ3v) is 3.24. The van der Waals surface area contributed by atoms with Gasteiger partial charge in [-0.05, 0) is 13.8 Å². The first-order valence-electron chi connectivity index (χ1n) is 6.61. The number of carbonyl (C=O) groups excluding carboxylic acids is 1. The van der Waals surface area contributed by atoms with Gasteiger partial charge in [0.1, 0.15) is 0 Å². The largest absolute Gasteiger partial charge is 0.373 e. The van der Waals surface area contributed by atoms with Crippen molar-refractivity contribution in [3.05, 3.63) is 39.9 Å².